The SMILES string of the molecule is O=C(CN1CCCC1c1ccc(Cl)cc1)Nc1ccc2c(c1)OCO2. The third kappa shape index (κ3) is 3.57. The van der Waals surface area contributed by atoms with E-state index in [1.54, 1.807) is 6.07 Å². The highest BCUT2D eigenvalue weighted by Gasteiger charge is 2.27. The summed E-state index contributed by atoms with van der Waals surface area (Å²) < 4.78 is 10.6. The van der Waals surface area contributed by atoms with Crippen LogP contribution >= 0.6 is 11.6 Å². The summed E-state index contributed by atoms with van der Waals surface area (Å²) in [6.45, 7) is 1.51. The van der Waals surface area contributed by atoms with Gasteiger partial charge in [-0.05, 0) is 49.2 Å². The van der Waals surface area contributed by atoms with Gasteiger partial charge in [0.2, 0.25) is 12.7 Å². The lowest BCUT2D eigenvalue weighted by Gasteiger charge is -2.24. The first-order chi connectivity index (χ1) is 12.2. The van der Waals surface area contributed by atoms with Crippen molar-refractivity contribution in [1.82, 2.24) is 4.90 Å². The molecule has 2 aromatic rings. The second-order valence-corrected chi connectivity index (χ2v) is 6.73. The van der Waals surface area contributed by atoms with Gasteiger partial charge < -0.3 is 14.8 Å². The fourth-order valence-corrected chi connectivity index (χ4v) is 3.56. The van der Waals surface area contributed by atoms with Crippen LogP contribution in [0.1, 0.15) is 24.4 Å². The smallest absolute Gasteiger partial charge is 0.238 e. The monoisotopic (exact) mass is 358 g/mol. The molecule has 2 aliphatic heterocycles. The van der Waals surface area contributed by atoms with Crippen molar-refractivity contribution in [3.8, 4) is 11.5 Å². The minimum absolute atomic E-state index is 0.0280. The quantitative estimate of drug-likeness (QED) is 0.902. The Kier molecular flexibility index (Phi) is 4.51. The molecule has 130 valence electrons. The van der Waals surface area contributed by atoms with E-state index in [1.165, 1.54) is 5.56 Å². The van der Waals surface area contributed by atoms with Crippen LogP contribution < -0.4 is 14.8 Å². The second-order valence-electron chi connectivity index (χ2n) is 6.30. The maximum Gasteiger partial charge on any atom is 0.238 e. The molecule has 1 saturated heterocycles. The van der Waals surface area contributed by atoms with E-state index in [4.69, 9.17) is 21.1 Å². The average Bonchev–Trinajstić information content (AvgIpc) is 3.24. The molecule has 0 aromatic heterocycles. The summed E-state index contributed by atoms with van der Waals surface area (Å²) in [6, 6.07) is 13.6. The molecular weight excluding hydrogens is 340 g/mol. The number of nitrogens with one attached hydrogen (secondary N) is 1. The van der Waals surface area contributed by atoms with Crippen LogP contribution in [0.3, 0.4) is 0 Å². The molecule has 0 saturated carbocycles. The Labute approximate surface area is 151 Å². The Bertz CT molecular complexity index is 779. The van der Waals surface area contributed by atoms with Crippen molar-refractivity contribution >= 4 is 23.2 Å². The number of likely N-dealkylation sites (tertiary alicyclic amines) is 1. The average molecular weight is 359 g/mol. The number of carbonyl (C=O) groups excluding carboxylic acids is 1. The van der Waals surface area contributed by atoms with Crippen LogP contribution in [0.4, 0.5) is 5.69 Å². The Morgan fingerprint density at radius 1 is 1.16 bits per heavy atom. The number of nitrogens with zero attached hydrogens (tertiary/aromatic N) is 1. The van der Waals surface area contributed by atoms with Gasteiger partial charge in [-0.15, -0.1) is 0 Å². The van der Waals surface area contributed by atoms with E-state index in [0.29, 0.717) is 18.0 Å². The third-order valence-electron chi connectivity index (χ3n) is 4.62. The predicted molar refractivity (Wildman–Crippen MR) is 96.2 cm³/mol. The molecule has 2 aliphatic rings. The molecule has 1 amide bonds. The second kappa shape index (κ2) is 6.94. The standard InChI is InChI=1S/C19H19ClN2O3/c20-14-5-3-13(4-6-14)16-2-1-9-22(16)11-19(23)21-15-7-8-17-18(10-15)25-12-24-17/h3-8,10,16H,1-2,9,11-12H2,(H,21,23). The molecule has 1 unspecified atom stereocenters. The molecular formula is C19H19ClN2O3. The zero-order valence-corrected chi connectivity index (χ0v) is 14.5. The number of amides is 1. The van der Waals surface area contributed by atoms with Crippen molar-refractivity contribution in [2.45, 2.75) is 18.9 Å². The van der Waals surface area contributed by atoms with E-state index in [1.807, 2.05) is 36.4 Å². The summed E-state index contributed by atoms with van der Waals surface area (Å²) in [4.78, 5) is 14.7. The normalized spacial score (nSPS) is 19.2. The number of rotatable bonds is 4. The first-order valence-electron chi connectivity index (χ1n) is 8.38. The van der Waals surface area contributed by atoms with Crippen molar-refractivity contribution < 1.29 is 14.3 Å². The van der Waals surface area contributed by atoms with Gasteiger partial charge in [-0.1, -0.05) is 23.7 Å². The van der Waals surface area contributed by atoms with Crippen molar-refractivity contribution in [1.29, 1.82) is 0 Å². The van der Waals surface area contributed by atoms with Gasteiger partial charge in [-0.3, -0.25) is 9.69 Å². The van der Waals surface area contributed by atoms with Gasteiger partial charge in [-0.25, -0.2) is 0 Å². The van der Waals surface area contributed by atoms with Crippen LogP contribution in [0.2, 0.25) is 5.02 Å². The number of carbonyl (C=O) groups is 1. The van der Waals surface area contributed by atoms with E-state index < -0.39 is 0 Å². The lowest BCUT2D eigenvalue weighted by atomic mass is 10.0. The van der Waals surface area contributed by atoms with Gasteiger partial charge in [0.05, 0.1) is 6.54 Å². The summed E-state index contributed by atoms with van der Waals surface area (Å²) in [5.41, 5.74) is 1.93. The van der Waals surface area contributed by atoms with Crippen molar-refractivity contribution in [2.24, 2.45) is 0 Å². The Balaban J connectivity index is 1.40. The van der Waals surface area contributed by atoms with Crippen molar-refractivity contribution in [3.63, 3.8) is 0 Å². The van der Waals surface area contributed by atoms with Crippen LogP contribution in [-0.4, -0.2) is 30.7 Å². The van der Waals surface area contributed by atoms with E-state index in [9.17, 15) is 4.79 Å². The zero-order chi connectivity index (χ0) is 17.2. The predicted octanol–water partition coefficient (Wildman–Crippen LogP) is 3.84. The number of hydrogen-bond donors (Lipinski definition) is 1. The van der Waals surface area contributed by atoms with Crippen LogP contribution in [-0.2, 0) is 4.79 Å². The molecule has 1 N–H and O–H groups in total. The molecule has 1 fully saturated rings. The van der Waals surface area contributed by atoms with Gasteiger partial charge in [0.1, 0.15) is 0 Å². The first kappa shape index (κ1) is 16.2. The number of anilines is 1. The van der Waals surface area contributed by atoms with E-state index >= 15 is 0 Å². The minimum Gasteiger partial charge on any atom is -0.454 e. The van der Waals surface area contributed by atoms with Crippen LogP contribution in [0, 0.1) is 0 Å². The highest BCUT2D eigenvalue weighted by Crippen LogP contribution is 2.35. The summed E-state index contributed by atoms with van der Waals surface area (Å²) in [7, 11) is 0. The molecule has 1 atom stereocenters. The van der Waals surface area contributed by atoms with Gasteiger partial charge >= 0.3 is 0 Å². The van der Waals surface area contributed by atoms with Gasteiger partial charge in [0.25, 0.3) is 0 Å². The lowest BCUT2D eigenvalue weighted by molar-refractivity contribution is -0.117. The topological polar surface area (TPSA) is 50.8 Å². The third-order valence-corrected chi connectivity index (χ3v) is 4.87. The van der Waals surface area contributed by atoms with E-state index in [0.717, 1.165) is 30.1 Å². The van der Waals surface area contributed by atoms with Crippen LogP contribution in [0.25, 0.3) is 0 Å². The Morgan fingerprint density at radius 2 is 1.96 bits per heavy atom. The van der Waals surface area contributed by atoms with Crippen LogP contribution in [0.5, 0.6) is 11.5 Å². The summed E-state index contributed by atoms with van der Waals surface area (Å²) >= 11 is 5.97. The van der Waals surface area contributed by atoms with Crippen molar-refractivity contribution in [3.05, 3.63) is 53.1 Å². The Morgan fingerprint density at radius 3 is 2.80 bits per heavy atom. The van der Waals surface area contributed by atoms with E-state index in [2.05, 4.69) is 10.2 Å². The minimum atomic E-state index is -0.0280. The highest BCUT2D eigenvalue weighted by molar-refractivity contribution is 6.30. The molecule has 0 aliphatic carbocycles. The van der Waals surface area contributed by atoms with E-state index in [-0.39, 0.29) is 18.7 Å². The summed E-state index contributed by atoms with van der Waals surface area (Å²) in [5, 5.41) is 3.67. The largest absolute Gasteiger partial charge is 0.454 e. The molecule has 0 spiro atoms. The number of halogens is 1. The number of benzene rings is 2. The van der Waals surface area contributed by atoms with Crippen LogP contribution in [0.15, 0.2) is 42.5 Å². The molecule has 6 heteroatoms. The van der Waals surface area contributed by atoms with Gasteiger partial charge in [-0.2, -0.15) is 0 Å². The molecule has 2 heterocycles. The molecule has 4 rings (SSSR count). The fraction of sp³-hybridized carbons (Fsp3) is 0.316. The van der Waals surface area contributed by atoms with Gasteiger partial charge in [0.15, 0.2) is 11.5 Å². The fourth-order valence-electron chi connectivity index (χ4n) is 3.44. The molecule has 0 bridgehead atoms. The number of ether oxygens (including phenoxy) is 2. The first-order valence-corrected chi connectivity index (χ1v) is 8.76. The highest BCUT2D eigenvalue weighted by atomic mass is 35.5. The zero-order valence-electron chi connectivity index (χ0n) is 13.7. The molecule has 2 aromatic carbocycles. The molecule has 5 nitrogen and oxygen atoms in total. The Hall–Kier alpha value is -2.24. The maximum atomic E-state index is 12.5. The summed E-state index contributed by atoms with van der Waals surface area (Å²) in [6.07, 6.45) is 2.14. The maximum absolute atomic E-state index is 12.5. The summed E-state index contributed by atoms with van der Waals surface area (Å²) in [5.74, 6) is 1.35. The van der Waals surface area contributed by atoms with Gasteiger partial charge in [0, 0.05) is 22.8 Å². The molecule has 25 heavy (non-hydrogen) atoms. The number of fused-ring (bicyclic) bond motifs is 1. The molecule has 0 radical (unpaired) electrons. The lowest BCUT2D eigenvalue weighted by Crippen LogP contribution is -2.32. The van der Waals surface area contributed by atoms with Crippen molar-refractivity contribution in [2.75, 3.05) is 25.2 Å². The number of hydrogen-bond acceptors (Lipinski definition) is 4.